The van der Waals surface area contributed by atoms with Gasteiger partial charge in [0.25, 0.3) is 0 Å². The molecule has 0 spiro atoms. The Hall–Kier alpha value is -1.91. The third-order valence-electron chi connectivity index (χ3n) is 3.60. The van der Waals surface area contributed by atoms with Crippen LogP contribution in [-0.4, -0.2) is 11.8 Å². The lowest BCUT2D eigenvalue weighted by Crippen LogP contribution is -2.38. The summed E-state index contributed by atoms with van der Waals surface area (Å²) in [6.07, 6.45) is 0.799. The summed E-state index contributed by atoms with van der Waals surface area (Å²) in [6, 6.07) is 4.45. The Balaban J connectivity index is 2.11. The Morgan fingerprint density at radius 2 is 1.89 bits per heavy atom. The van der Waals surface area contributed by atoms with Crippen molar-refractivity contribution in [3.63, 3.8) is 0 Å². The number of hydrogen-bond donors (Lipinski definition) is 2. The first-order valence-electron chi connectivity index (χ1n) is 6.16. The monoisotopic (exact) mass is 264 g/mol. The van der Waals surface area contributed by atoms with E-state index in [0.29, 0.717) is 5.56 Å². The average molecular weight is 264 g/mol. The van der Waals surface area contributed by atoms with Gasteiger partial charge in [0.05, 0.1) is 0 Å². The molecule has 0 unspecified atom stereocenters. The van der Waals surface area contributed by atoms with E-state index in [4.69, 9.17) is 5.73 Å². The zero-order chi connectivity index (χ0) is 14.2. The fourth-order valence-corrected chi connectivity index (χ4v) is 2.13. The first-order chi connectivity index (χ1) is 8.81. The molecule has 1 aliphatic rings. The van der Waals surface area contributed by atoms with Crippen molar-refractivity contribution in [1.29, 1.82) is 0 Å². The normalized spacial score (nSPS) is 21.5. The van der Waals surface area contributed by atoms with Gasteiger partial charge in [-0.1, -0.05) is 26.0 Å². The van der Waals surface area contributed by atoms with Crippen LogP contribution in [0.5, 0.6) is 0 Å². The topological polar surface area (TPSA) is 72.2 Å². The fraction of sp³-hybridized carbons (Fsp3) is 0.429. The van der Waals surface area contributed by atoms with Crippen molar-refractivity contribution in [2.45, 2.75) is 26.3 Å². The molecule has 1 aromatic carbocycles. The van der Waals surface area contributed by atoms with E-state index in [1.54, 1.807) is 0 Å². The predicted octanol–water partition coefficient (Wildman–Crippen LogP) is 1.51. The number of rotatable bonds is 4. The van der Waals surface area contributed by atoms with E-state index in [0.717, 1.165) is 6.42 Å². The molecule has 2 rings (SSSR count). The van der Waals surface area contributed by atoms with E-state index >= 15 is 0 Å². The lowest BCUT2D eigenvalue weighted by molar-refractivity contribution is -0.128. The highest BCUT2D eigenvalue weighted by molar-refractivity contribution is 5.90. The largest absolute Gasteiger partial charge is 0.368 e. The molecule has 102 valence electrons. The second-order valence-electron chi connectivity index (χ2n) is 5.64. The van der Waals surface area contributed by atoms with Crippen molar-refractivity contribution in [3.05, 3.63) is 35.6 Å². The second-order valence-corrected chi connectivity index (χ2v) is 5.64. The minimum atomic E-state index is -0.913. The molecule has 4 nitrogen and oxygen atoms in total. The minimum Gasteiger partial charge on any atom is -0.368 e. The van der Waals surface area contributed by atoms with Crippen LogP contribution in [0.1, 0.15) is 31.9 Å². The number of nitrogens with two attached hydrogens (primary N) is 1. The summed E-state index contributed by atoms with van der Waals surface area (Å²) in [5.74, 6) is -1.33. The molecule has 0 heterocycles. The summed E-state index contributed by atoms with van der Waals surface area (Å²) in [5, 5.41) is 2.63. The van der Waals surface area contributed by atoms with Gasteiger partial charge in [-0.2, -0.15) is 0 Å². The Kier molecular flexibility index (Phi) is 3.30. The summed E-state index contributed by atoms with van der Waals surface area (Å²) in [4.78, 5) is 23.4. The molecule has 2 atom stereocenters. The minimum absolute atomic E-state index is 0.0188. The number of halogens is 1. The first-order valence-corrected chi connectivity index (χ1v) is 6.16. The summed E-state index contributed by atoms with van der Waals surface area (Å²) in [6.45, 7) is 3.99. The predicted molar refractivity (Wildman–Crippen MR) is 68.4 cm³/mol. The molecule has 0 radical (unpaired) electrons. The van der Waals surface area contributed by atoms with Crippen LogP contribution in [0.25, 0.3) is 0 Å². The molecule has 2 amide bonds. The maximum atomic E-state index is 12.9. The van der Waals surface area contributed by atoms with Gasteiger partial charge in [-0.15, -0.1) is 0 Å². The standard InChI is InChI=1S/C14H17FN2O2/c1-14(2)7-10(14)13(19)17-11(12(16)18)8-3-5-9(15)6-4-8/h3-6,10-11H,7H2,1-2H3,(H2,16,18)(H,17,19)/t10-,11-/m0/s1. The van der Waals surface area contributed by atoms with E-state index in [9.17, 15) is 14.0 Å². The van der Waals surface area contributed by atoms with Gasteiger partial charge >= 0.3 is 0 Å². The van der Waals surface area contributed by atoms with E-state index in [-0.39, 0.29) is 17.2 Å². The third-order valence-corrected chi connectivity index (χ3v) is 3.60. The number of carbonyl (C=O) groups excluding carboxylic acids is 2. The van der Waals surface area contributed by atoms with Gasteiger partial charge in [-0.3, -0.25) is 9.59 Å². The zero-order valence-corrected chi connectivity index (χ0v) is 10.9. The molecule has 0 aromatic heterocycles. The van der Waals surface area contributed by atoms with Gasteiger partial charge in [0.2, 0.25) is 11.8 Å². The molecule has 19 heavy (non-hydrogen) atoms. The summed E-state index contributed by atoms with van der Waals surface area (Å²) >= 11 is 0. The van der Waals surface area contributed by atoms with Gasteiger partial charge in [0.15, 0.2) is 0 Å². The van der Waals surface area contributed by atoms with E-state index < -0.39 is 17.8 Å². The smallest absolute Gasteiger partial charge is 0.244 e. The van der Waals surface area contributed by atoms with Crippen molar-refractivity contribution >= 4 is 11.8 Å². The quantitative estimate of drug-likeness (QED) is 0.865. The number of primary amides is 1. The first kappa shape index (κ1) is 13.5. The molecule has 1 aliphatic carbocycles. The van der Waals surface area contributed by atoms with Crippen LogP contribution in [0.3, 0.4) is 0 Å². The molecule has 5 heteroatoms. The van der Waals surface area contributed by atoms with Crippen molar-refractivity contribution in [2.24, 2.45) is 17.1 Å². The number of carbonyl (C=O) groups is 2. The number of benzene rings is 1. The van der Waals surface area contributed by atoms with Gasteiger partial charge in [0.1, 0.15) is 11.9 Å². The molecule has 0 saturated heterocycles. The number of hydrogen-bond acceptors (Lipinski definition) is 2. The third kappa shape index (κ3) is 2.92. The average Bonchev–Trinajstić information content (AvgIpc) is 2.96. The fourth-order valence-electron chi connectivity index (χ4n) is 2.13. The zero-order valence-electron chi connectivity index (χ0n) is 10.9. The van der Waals surface area contributed by atoms with Crippen LogP contribution in [-0.2, 0) is 9.59 Å². The Bertz CT molecular complexity index is 511. The van der Waals surface area contributed by atoms with E-state index in [2.05, 4.69) is 5.32 Å². The molecular weight excluding hydrogens is 247 g/mol. The van der Waals surface area contributed by atoms with Crippen molar-refractivity contribution in [1.82, 2.24) is 5.32 Å². The van der Waals surface area contributed by atoms with Crippen LogP contribution in [0.4, 0.5) is 4.39 Å². The highest BCUT2D eigenvalue weighted by Gasteiger charge is 2.51. The van der Waals surface area contributed by atoms with E-state index in [1.807, 2.05) is 13.8 Å². The second kappa shape index (κ2) is 4.64. The van der Waals surface area contributed by atoms with E-state index in [1.165, 1.54) is 24.3 Å². The number of nitrogens with one attached hydrogen (secondary N) is 1. The van der Waals surface area contributed by atoms with Gasteiger partial charge in [0, 0.05) is 5.92 Å². The van der Waals surface area contributed by atoms with Crippen molar-refractivity contribution < 1.29 is 14.0 Å². The van der Waals surface area contributed by atoms with Crippen LogP contribution in [0.2, 0.25) is 0 Å². The highest BCUT2D eigenvalue weighted by atomic mass is 19.1. The Labute approximate surface area is 111 Å². The summed E-state index contributed by atoms with van der Waals surface area (Å²) in [5.41, 5.74) is 5.76. The molecule has 1 aromatic rings. The van der Waals surface area contributed by atoms with Gasteiger partial charge < -0.3 is 11.1 Å². The highest BCUT2D eigenvalue weighted by Crippen LogP contribution is 2.51. The lowest BCUT2D eigenvalue weighted by atomic mass is 10.0. The van der Waals surface area contributed by atoms with Crippen LogP contribution in [0, 0.1) is 17.2 Å². The summed E-state index contributed by atoms with van der Waals surface area (Å²) in [7, 11) is 0. The van der Waals surface area contributed by atoms with Crippen molar-refractivity contribution in [3.8, 4) is 0 Å². The Morgan fingerprint density at radius 1 is 1.37 bits per heavy atom. The van der Waals surface area contributed by atoms with Gasteiger partial charge in [-0.05, 0) is 29.5 Å². The molecule has 1 saturated carbocycles. The van der Waals surface area contributed by atoms with Crippen LogP contribution >= 0.6 is 0 Å². The molecule has 0 aliphatic heterocycles. The Morgan fingerprint density at radius 3 is 2.32 bits per heavy atom. The maximum absolute atomic E-state index is 12.9. The SMILES string of the molecule is CC1(C)C[C@H]1C(=O)N[C@H](C(N)=O)c1ccc(F)cc1. The molecular formula is C14H17FN2O2. The van der Waals surface area contributed by atoms with Crippen LogP contribution < -0.4 is 11.1 Å². The lowest BCUT2D eigenvalue weighted by Gasteiger charge is -2.16. The summed E-state index contributed by atoms with van der Waals surface area (Å²) < 4.78 is 12.9. The molecule has 0 bridgehead atoms. The molecule has 3 N–H and O–H groups in total. The number of amides is 2. The maximum Gasteiger partial charge on any atom is 0.244 e. The molecule has 1 fully saturated rings. The van der Waals surface area contributed by atoms with Crippen molar-refractivity contribution in [2.75, 3.05) is 0 Å². The van der Waals surface area contributed by atoms with Gasteiger partial charge in [-0.25, -0.2) is 4.39 Å². The van der Waals surface area contributed by atoms with Crippen LogP contribution in [0.15, 0.2) is 24.3 Å².